The minimum Gasteiger partial charge on any atom is -0.388 e. The van der Waals surface area contributed by atoms with Gasteiger partial charge in [-0.3, -0.25) is 4.98 Å². The van der Waals surface area contributed by atoms with Crippen molar-refractivity contribution in [2.45, 2.75) is 52.1 Å². The standard InChI is InChI=1S/C25H29N3O/c1-4-7-21(8-5-2)25(29)16-20-11-10-19(3)15-24-22(13-12-20)17-27-28(24)23-9-6-14-26-18-23/h1,5-9,14-15,17-18,20,25,29H,10-13,16H2,2-3H3/b8-5-,19-15+,21-7+/t20-,25+/m0/s1. The molecule has 0 bridgehead atoms. The van der Waals surface area contributed by atoms with Crippen LogP contribution in [-0.4, -0.2) is 26.0 Å². The Hall–Kier alpha value is -2.90. The number of allylic oxidation sites excluding steroid dienone is 3. The second-order valence-electron chi connectivity index (χ2n) is 7.67. The van der Waals surface area contributed by atoms with Crippen LogP contribution >= 0.6 is 0 Å². The van der Waals surface area contributed by atoms with Crippen LogP contribution in [0.15, 0.2) is 60.1 Å². The number of fused-ring (bicyclic) bond motifs is 1. The normalized spacial score (nSPS) is 20.7. The number of hydrogen-bond acceptors (Lipinski definition) is 3. The molecular formula is C25H29N3O. The SMILES string of the molecule is C#C/C=C(\C=C/C)[C@H](O)C[C@H]1CC/C(C)=C/c2c(cnn2-c2cccnc2)CC1. The number of aliphatic hydroxyl groups is 1. The van der Waals surface area contributed by atoms with Gasteiger partial charge < -0.3 is 5.11 Å². The van der Waals surface area contributed by atoms with Crippen LogP contribution in [0.3, 0.4) is 0 Å². The number of aromatic nitrogens is 3. The highest BCUT2D eigenvalue weighted by Crippen LogP contribution is 2.29. The van der Waals surface area contributed by atoms with Crippen LogP contribution in [0.4, 0.5) is 0 Å². The molecule has 1 N–H and O–H groups in total. The molecule has 0 fully saturated rings. The van der Waals surface area contributed by atoms with Gasteiger partial charge in [-0.05, 0) is 87.3 Å². The van der Waals surface area contributed by atoms with Gasteiger partial charge in [0.2, 0.25) is 0 Å². The average Bonchev–Trinajstić information content (AvgIpc) is 3.14. The number of aryl methyl sites for hydroxylation is 1. The first kappa shape index (κ1) is 20.8. The predicted octanol–water partition coefficient (Wildman–Crippen LogP) is 4.90. The van der Waals surface area contributed by atoms with E-state index in [1.165, 1.54) is 11.1 Å². The largest absolute Gasteiger partial charge is 0.388 e. The Morgan fingerprint density at radius 2 is 2.21 bits per heavy atom. The maximum atomic E-state index is 10.7. The Kier molecular flexibility index (Phi) is 7.21. The molecule has 1 aliphatic rings. The third-order valence-electron chi connectivity index (χ3n) is 5.48. The van der Waals surface area contributed by atoms with Crippen molar-refractivity contribution in [3.8, 4) is 18.0 Å². The Bertz CT molecular complexity index is 944. The maximum absolute atomic E-state index is 10.7. The smallest absolute Gasteiger partial charge is 0.0835 e. The van der Waals surface area contributed by atoms with E-state index >= 15 is 0 Å². The summed E-state index contributed by atoms with van der Waals surface area (Å²) >= 11 is 0. The summed E-state index contributed by atoms with van der Waals surface area (Å²) in [7, 11) is 0. The van der Waals surface area contributed by atoms with Crippen LogP contribution in [-0.2, 0) is 6.42 Å². The number of terminal acetylenes is 1. The molecule has 1 aliphatic carbocycles. The quantitative estimate of drug-likeness (QED) is 0.586. The van der Waals surface area contributed by atoms with Gasteiger partial charge in [0.1, 0.15) is 0 Å². The lowest BCUT2D eigenvalue weighted by atomic mass is 9.88. The molecule has 0 saturated heterocycles. The van der Waals surface area contributed by atoms with E-state index in [1.54, 1.807) is 12.3 Å². The van der Waals surface area contributed by atoms with Gasteiger partial charge in [-0.25, -0.2) is 4.68 Å². The molecular weight excluding hydrogens is 358 g/mol. The number of pyridine rings is 1. The van der Waals surface area contributed by atoms with Crippen molar-refractivity contribution in [1.29, 1.82) is 0 Å². The first-order valence-electron chi connectivity index (χ1n) is 10.2. The van der Waals surface area contributed by atoms with Crippen LogP contribution in [0.5, 0.6) is 0 Å². The maximum Gasteiger partial charge on any atom is 0.0835 e. The number of nitrogens with zero attached hydrogens (tertiary/aromatic N) is 3. The summed E-state index contributed by atoms with van der Waals surface area (Å²) in [5.41, 5.74) is 5.48. The molecule has 0 saturated carbocycles. The van der Waals surface area contributed by atoms with Gasteiger partial charge in [0.25, 0.3) is 0 Å². The zero-order valence-corrected chi connectivity index (χ0v) is 17.3. The Balaban J connectivity index is 1.80. The summed E-state index contributed by atoms with van der Waals surface area (Å²) < 4.78 is 1.97. The molecule has 29 heavy (non-hydrogen) atoms. The fraction of sp³-hybridized carbons (Fsp3) is 0.360. The predicted molar refractivity (Wildman–Crippen MR) is 118 cm³/mol. The van der Waals surface area contributed by atoms with Gasteiger partial charge in [-0.2, -0.15) is 5.10 Å². The minimum absolute atomic E-state index is 0.424. The summed E-state index contributed by atoms with van der Waals surface area (Å²) in [5, 5.41) is 15.3. The topological polar surface area (TPSA) is 50.9 Å². The van der Waals surface area contributed by atoms with Crippen molar-refractivity contribution < 1.29 is 5.11 Å². The first-order chi connectivity index (χ1) is 14.1. The van der Waals surface area contributed by atoms with Gasteiger partial charge in [0.05, 0.1) is 29.9 Å². The summed E-state index contributed by atoms with van der Waals surface area (Å²) in [4.78, 5) is 4.23. The van der Waals surface area contributed by atoms with Gasteiger partial charge in [0.15, 0.2) is 0 Å². The van der Waals surface area contributed by atoms with Gasteiger partial charge in [-0.15, -0.1) is 6.42 Å². The first-order valence-corrected chi connectivity index (χ1v) is 10.2. The van der Waals surface area contributed by atoms with E-state index in [9.17, 15) is 5.11 Å². The molecule has 0 aliphatic heterocycles. The third kappa shape index (κ3) is 5.34. The number of rotatable bonds is 5. The molecule has 0 aromatic carbocycles. The molecule has 3 rings (SSSR count). The summed E-state index contributed by atoms with van der Waals surface area (Å²) in [6, 6.07) is 3.95. The highest BCUT2D eigenvalue weighted by atomic mass is 16.3. The van der Waals surface area contributed by atoms with E-state index in [0.717, 1.165) is 49.1 Å². The molecule has 2 aromatic heterocycles. The van der Waals surface area contributed by atoms with Crippen LogP contribution in [0.2, 0.25) is 0 Å². The van der Waals surface area contributed by atoms with Crippen molar-refractivity contribution in [1.82, 2.24) is 14.8 Å². The van der Waals surface area contributed by atoms with E-state index < -0.39 is 6.10 Å². The zero-order chi connectivity index (χ0) is 20.6. The van der Waals surface area contributed by atoms with Gasteiger partial charge in [-0.1, -0.05) is 23.6 Å². The molecule has 0 amide bonds. The molecule has 0 unspecified atom stereocenters. The van der Waals surface area contributed by atoms with Crippen molar-refractivity contribution in [2.24, 2.45) is 5.92 Å². The van der Waals surface area contributed by atoms with Crippen LogP contribution in [0, 0.1) is 18.3 Å². The van der Waals surface area contributed by atoms with E-state index in [4.69, 9.17) is 6.42 Å². The molecule has 2 aromatic rings. The molecule has 150 valence electrons. The highest BCUT2D eigenvalue weighted by Gasteiger charge is 2.20. The summed E-state index contributed by atoms with van der Waals surface area (Å²) in [6.07, 6.45) is 22.9. The van der Waals surface area contributed by atoms with Crippen LogP contribution in [0.25, 0.3) is 11.8 Å². The van der Waals surface area contributed by atoms with E-state index in [-0.39, 0.29) is 0 Å². The van der Waals surface area contributed by atoms with Crippen LogP contribution < -0.4 is 0 Å². The summed E-state index contributed by atoms with van der Waals surface area (Å²) in [5.74, 6) is 2.97. The Labute approximate surface area is 173 Å². The average molecular weight is 388 g/mol. The second-order valence-corrected chi connectivity index (χ2v) is 7.67. The second kappa shape index (κ2) is 10.0. The molecule has 2 atom stereocenters. The lowest BCUT2D eigenvalue weighted by molar-refractivity contribution is 0.172. The fourth-order valence-corrected chi connectivity index (χ4v) is 3.90. The Morgan fingerprint density at radius 3 is 2.93 bits per heavy atom. The summed E-state index contributed by atoms with van der Waals surface area (Å²) in [6.45, 7) is 4.11. The molecule has 0 spiro atoms. The number of hydrogen-bond donors (Lipinski definition) is 1. The third-order valence-corrected chi connectivity index (χ3v) is 5.48. The zero-order valence-electron chi connectivity index (χ0n) is 17.3. The van der Waals surface area contributed by atoms with E-state index in [0.29, 0.717) is 5.92 Å². The Morgan fingerprint density at radius 1 is 1.38 bits per heavy atom. The van der Waals surface area contributed by atoms with E-state index in [1.807, 2.05) is 48.3 Å². The minimum atomic E-state index is -0.533. The monoisotopic (exact) mass is 387 g/mol. The van der Waals surface area contributed by atoms with Crippen molar-refractivity contribution in [3.63, 3.8) is 0 Å². The van der Waals surface area contributed by atoms with Crippen molar-refractivity contribution >= 4 is 6.08 Å². The molecule has 0 radical (unpaired) electrons. The number of aliphatic hydroxyl groups excluding tert-OH is 1. The van der Waals surface area contributed by atoms with Gasteiger partial charge in [0, 0.05) is 6.20 Å². The molecule has 4 nitrogen and oxygen atoms in total. The van der Waals surface area contributed by atoms with E-state index in [2.05, 4.69) is 29.0 Å². The van der Waals surface area contributed by atoms with Gasteiger partial charge >= 0.3 is 0 Å². The molecule has 4 heteroatoms. The van der Waals surface area contributed by atoms with Crippen molar-refractivity contribution in [2.75, 3.05) is 0 Å². The fourth-order valence-electron chi connectivity index (χ4n) is 3.90. The lowest BCUT2D eigenvalue weighted by Crippen LogP contribution is -2.16. The lowest BCUT2D eigenvalue weighted by Gasteiger charge is -2.20. The van der Waals surface area contributed by atoms with Crippen LogP contribution in [0.1, 0.15) is 50.8 Å². The highest BCUT2D eigenvalue weighted by molar-refractivity contribution is 5.55. The van der Waals surface area contributed by atoms with Crippen molar-refractivity contribution in [3.05, 3.63) is 71.4 Å². The molecule has 2 heterocycles.